The summed E-state index contributed by atoms with van der Waals surface area (Å²) in [7, 11) is 4.06. The quantitative estimate of drug-likeness (QED) is 0.755. The average Bonchev–Trinajstić information content (AvgIpc) is 2.46. The van der Waals surface area contributed by atoms with Gasteiger partial charge in [0.15, 0.2) is 0 Å². The van der Waals surface area contributed by atoms with Crippen molar-refractivity contribution in [3.63, 3.8) is 0 Å². The van der Waals surface area contributed by atoms with E-state index in [1.807, 2.05) is 0 Å². The molecule has 1 unspecified atom stereocenters. The first-order valence-corrected chi connectivity index (χ1v) is 8.25. The molecule has 0 heterocycles. The lowest BCUT2D eigenvalue weighted by atomic mass is 10.4. The highest BCUT2D eigenvalue weighted by molar-refractivity contribution is 7.73. The molecule has 2 aromatic rings. The molecule has 0 amide bonds. The van der Waals surface area contributed by atoms with Crippen molar-refractivity contribution in [2.24, 2.45) is 0 Å². The minimum Gasteiger partial charge on any atom is -0.306 e. The summed E-state index contributed by atoms with van der Waals surface area (Å²) < 4.78 is 0. The number of hydrogen-bond acceptors (Lipinski definition) is 1. The first-order valence-electron chi connectivity index (χ1n) is 6.72. The molecule has 0 radical (unpaired) electrons. The maximum Gasteiger partial charge on any atom is 0.0106 e. The smallest absolute Gasteiger partial charge is 0.0106 e. The zero-order chi connectivity index (χ0) is 13.7. The summed E-state index contributed by atoms with van der Waals surface area (Å²) in [6, 6.07) is 22.4. The summed E-state index contributed by atoms with van der Waals surface area (Å²) in [6.07, 6.45) is 1.20. The van der Waals surface area contributed by atoms with Crippen molar-refractivity contribution in [1.82, 2.24) is 4.90 Å². The van der Waals surface area contributed by atoms with Crippen LogP contribution in [0.25, 0.3) is 0 Å². The van der Waals surface area contributed by atoms with Crippen molar-refractivity contribution in [2.75, 3.05) is 20.3 Å². The minimum absolute atomic E-state index is 0.264. The maximum atomic E-state index is 2.31. The third kappa shape index (κ3) is 3.89. The van der Waals surface area contributed by atoms with E-state index >= 15 is 0 Å². The molecule has 0 saturated carbocycles. The highest BCUT2D eigenvalue weighted by Gasteiger charge is 2.17. The van der Waals surface area contributed by atoms with Crippen LogP contribution in [-0.4, -0.2) is 31.2 Å². The van der Waals surface area contributed by atoms with Gasteiger partial charge in [0.1, 0.15) is 0 Å². The summed E-state index contributed by atoms with van der Waals surface area (Å²) in [4.78, 5) is 2.31. The van der Waals surface area contributed by atoms with E-state index in [9.17, 15) is 0 Å². The van der Waals surface area contributed by atoms with Crippen molar-refractivity contribution >= 4 is 18.5 Å². The number of hydrogen-bond donors (Lipinski definition) is 0. The van der Waals surface area contributed by atoms with Crippen LogP contribution in [-0.2, 0) is 0 Å². The van der Waals surface area contributed by atoms with Crippen LogP contribution in [0.5, 0.6) is 0 Å². The van der Waals surface area contributed by atoms with Gasteiger partial charge in [0.2, 0.25) is 0 Å². The van der Waals surface area contributed by atoms with Crippen LogP contribution >= 0.6 is 7.92 Å². The molecule has 0 spiro atoms. The van der Waals surface area contributed by atoms with E-state index in [4.69, 9.17) is 0 Å². The van der Waals surface area contributed by atoms with Crippen LogP contribution in [0.2, 0.25) is 0 Å². The van der Waals surface area contributed by atoms with Crippen molar-refractivity contribution in [2.45, 2.75) is 13.0 Å². The number of nitrogens with zero attached hydrogens (tertiary/aromatic N) is 1. The van der Waals surface area contributed by atoms with Gasteiger partial charge in [-0.25, -0.2) is 0 Å². The molecule has 0 aromatic heterocycles. The molecule has 0 aliphatic rings. The third-order valence-corrected chi connectivity index (χ3v) is 6.20. The first kappa shape index (κ1) is 14.2. The molecular weight excluding hydrogens is 249 g/mol. The lowest BCUT2D eigenvalue weighted by Gasteiger charge is -2.26. The molecule has 100 valence electrons. The topological polar surface area (TPSA) is 3.24 Å². The van der Waals surface area contributed by atoms with Crippen molar-refractivity contribution in [1.29, 1.82) is 0 Å². The Bertz CT molecular complexity index is 442. The lowest BCUT2D eigenvalue weighted by Crippen LogP contribution is -2.30. The second-order valence-corrected chi connectivity index (χ2v) is 7.35. The highest BCUT2D eigenvalue weighted by atomic mass is 31.1. The molecular formula is C17H22NP. The summed E-state index contributed by atoms with van der Waals surface area (Å²) in [6.45, 7) is 2.31. The minimum atomic E-state index is -0.264. The fraction of sp³-hybridized carbons (Fsp3) is 0.294. The Kier molecular flexibility index (Phi) is 5.13. The van der Waals surface area contributed by atoms with Crippen molar-refractivity contribution < 1.29 is 0 Å². The fourth-order valence-corrected chi connectivity index (χ4v) is 4.64. The molecule has 2 heteroatoms. The van der Waals surface area contributed by atoms with E-state index < -0.39 is 0 Å². The molecule has 1 atom stereocenters. The van der Waals surface area contributed by atoms with Gasteiger partial charge in [0.25, 0.3) is 0 Å². The van der Waals surface area contributed by atoms with Gasteiger partial charge < -0.3 is 4.90 Å². The van der Waals surface area contributed by atoms with E-state index in [0.717, 1.165) is 0 Å². The molecule has 0 aliphatic carbocycles. The maximum absolute atomic E-state index is 2.31. The van der Waals surface area contributed by atoms with Crippen LogP contribution in [0.1, 0.15) is 6.92 Å². The van der Waals surface area contributed by atoms with Gasteiger partial charge in [0, 0.05) is 6.04 Å². The molecule has 0 saturated heterocycles. The molecule has 0 aliphatic heterocycles. The van der Waals surface area contributed by atoms with Crippen LogP contribution in [0.15, 0.2) is 60.7 Å². The molecule has 0 bridgehead atoms. The van der Waals surface area contributed by atoms with E-state index in [1.165, 1.54) is 16.8 Å². The second kappa shape index (κ2) is 6.84. The van der Waals surface area contributed by atoms with E-state index in [-0.39, 0.29) is 7.92 Å². The fourth-order valence-electron chi connectivity index (χ4n) is 2.00. The highest BCUT2D eigenvalue weighted by Crippen LogP contribution is 2.34. The molecule has 2 rings (SSSR count). The summed E-state index contributed by atoms with van der Waals surface area (Å²) in [5.74, 6) is 0. The van der Waals surface area contributed by atoms with Gasteiger partial charge >= 0.3 is 0 Å². The Morgan fingerprint density at radius 3 is 1.63 bits per heavy atom. The van der Waals surface area contributed by atoms with Gasteiger partial charge in [-0.1, -0.05) is 60.7 Å². The summed E-state index contributed by atoms with van der Waals surface area (Å²) in [5.41, 5.74) is 0. The first-order chi connectivity index (χ1) is 9.18. The van der Waals surface area contributed by atoms with Gasteiger partial charge in [0.05, 0.1) is 0 Å². The number of rotatable bonds is 5. The number of benzene rings is 2. The van der Waals surface area contributed by atoms with Gasteiger partial charge in [-0.3, -0.25) is 0 Å². The van der Waals surface area contributed by atoms with E-state index in [1.54, 1.807) is 0 Å². The van der Waals surface area contributed by atoms with Crippen LogP contribution in [0.4, 0.5) is 0 Å². The lowest BCUT2D eigenvalue weighted by molar-refractivity contribution is 0.339. The molecule has 19 heavy (non-hydrogen) atoms. The van der Waals surface area contributed by atoms with Crippen molar-refractivity contribution in [3.05, 3.63) is 60.7 Å². The normalized spacial score (nSPS) is 12.9. The van der Waals surface area contributed by atoms with E-state index in [2.05, 4.69) is 86.6 Å². The Balaban J connectivity index is 2.29. The summed E-state index contributed by atoms with van der Waals surface area (Å²) >= 11 is 0. The predicted octanol–water partition coefficient (Wildman–Crippen LogP) is 3.07. The SMILES string of the molecule is CC(CP(c1ccccc1)c1ccccc1)N(C)C. The Hall–Kier alpha value is -1.17. The second-order valence-electron chi connectivity index (χ2n) is 5.09. The Morgan fingerprint density at radius 1 is 0.842 bits per heavy atom. The third-order valence-electron chi connectivity index (χ3n) is 3.46. The van der Waals surface area contributed by atoms with E-state index in [0.29, 0.717) is 6.04 Å². The summed E-state index contributed by atoms with van der Waals surface area (Å²) in [5, 5.41) is 2.94. The molecule has 2 aromatic carbocycles. The zero-order valence-corrected chi connectivity index (χ0v) is 12.8. The predicted molar refractivity (Wildman–Crippen MR) is 87.1 cm³/mol. The van der Waals surface area contributed by atoms with Crippen LogP contribution in [0.3, 0.4) is 0 Å². The van der Waals surface area contributed by atoms with Gasteiger partial charge in [-0.05, 0) is 45.7 Å². The van der Waals surface area contributed by atoms with Crippen LogP contribution in [0, 0.1) is 0 Å². The Labute approximate surface area is 118 Å². The van der Waals surface area contributed by atoms with Gasteiger partial charge in [-0.15, -0.1) is 0 Å². The largest absolute Gasteiger partial charge is 0.306 e. The molecule has 0 N–H and O–H groups in total. The Morgan fingerprint density at radius 2 is 1.26 bits per heavy atom. The van der Waals surface area contributed by atoms with Gasteiger partial charge in [-0.2, -0.15) is 0 Å². The average molecular weight is 271 g/mol. The van der Waals surface area contributed by atoms with Crippen LogP contribution < -0.4 is 10.6 Å². The molecule has 1 nitrogen and oxygen atoms in total. The molecule has 0 fully saturated rings. The standard InChI is InChI=1S/C17H22NP/c1-15(18(2)3)14-19(16-10-6-4-7-11-16)17-12-8-5-9-13-17/h4-13,15H,14H2,1-3H3. The zero-order valence-electron chi connectivity index (χ0n) is 12.0. The monoisotopic (exact) mass is 271 g/mol. The van der Waals surface area contributed by atoms with Crippen molar-refractivity contribution in [3.8, 4) is 0 Å².